The highest BCUT2D eigenvalue weighted by Gasteiger charge is 2.40. The predicted octanol–water partition coefficient (Wildman–Crippen LogP) is 2.76. The maximum atomic E-state index is 11.4. The quantitative estimate of drug-likeness (QED) is 0.655. The van der Waals surface area contributed by atoms with Crippen molar-refractivity contribution in [3.05, 3.63) is 0 Å². The average molecular weight is 344 g/mol. The van der Waals surface area contributed by atoms with Crippen molar-refractivity contribution in [2.75, 3.05) is 0 Å². The molecule has 128 valence electrons. The fourth-order valence-electron chi connectivity index (χ4n) is 2.53. The van der Waals surface area contributed by atoms with E-state index in [1.165, 1.54) is 27.7 Å². The third-order valence-corrected chi connectivity index (χ3v) is 7.42. The molecule has 0 aromatic heterocycles. The van der Waals surface area contributed by atoms with Gasteiger partial charge in [0, 0.05) is 0 Å². The van der Waals surface area contributed by atoms with Gasteiger partial charge in [0.1, 0.15) is 0 Å². The van der Waals surface area contributed by atoms with Gasteiger partial charge < -0.3 is 0 Å². The van der Waals surface area contributed by atoms with Gasteiger partial charge in [0.2, 0.25) is 0 Å². The Morgan fingerprint density at radius 1 is 0.857 bits per heavy atom. The fourth-order valence-corrected chi connectivity index (χ4v) is 3.43. The normalized spacial score (nSPS) is 17.5. The van der Waals surface area contributed by atoms with Crippen LogP contribution in [-0.4, -0.2) is 35.4 Å². The topological polar surface area (TPSA) is 109 Å². The van der Waals surface area contributed by atoms with E-state index in [0.29, 0.717) is 6.42 Å². The van der Waals surface area contributed by atoms with Gasteiger partial charge in [-0.1, -0.05) is 20.3 Å². The summed E-state index contributed by atoms with van der Waals surface area (Å²) in [5.74, 6) is -0.198. The summed E-state index contributed by atoms with van der Waals surface area (Å²) in [6.07, 6.45) is 1.10. The van der Waals surface area contributed by atoms with E-state index in [2.05, 4.69) is 0 Å². The van der Waals surface area contributed by atoms with Gasteiger partial charge in [-0.25, -0.2) is 0 Å². The molecule has 0 rings (SSSR count). The Labute approximate surface area is 128 Å². The Morgan fingerprint density at radius 2 is 1.19 bits per heavy atom. The van der Waals surface area contributed by atoms with Gasteiger partial charge in [0.25, 0.3) is 20.2 Å². The van der Waals surface area contributed by atoms with Crippen LogP contribution in [0.15, 0.2) is 0 Å². The zero-order chi connectivity index (χ0) is 17.3. The lowest BCUT2D eigenvalue weighted by Gasteiger charge is -2.33. The van der Waals surface area contributed by atoms with E-state index in [9.17, 15) is 25.9 Å². The molecule has 0 bridgehead atoms. The summed E-state index contributed by atoms with van der Waals surface area (Å²) >= 11 is 0. The lowest BCUT2D eigenvalue weighted by Crippen LogP contribution is -2.38. The van der Waals surface area contributed by atoms with Gasteiger partial charge in [-0.05, 0) is 52.4 Å². The molecule has 0 aromatic rings. The van der Waals surface area contributed by atoms with Crippen LogP contribution in [0.5, 0.6) is 0 Å². The molecule has 21 heavy (non-hydrogen) atoms. The van der Waals surface area contributed by atoms with Crippen LogP contribution in [0.3, 0.4) is 0 Å². The predicted molar refractivity (Wildman–Crippen MR) is 83.4 cm³/mol. The lowest BCUT2D eigenvalue weighted by atomic mass is 9.80. The largest absolute Gasteiger partial charge is 0.285 e. The molecule has 0 spiro atoms. The van der Waals surface area contributed by atoms with Gasteiger partial charge in [0.05, 0.1) is 9.49 Å². The van der Waals surface area contributed by atoms with E-state index in [0.717, 1.165) is 0 Å². The molecular formula is C13H28O6S2. The van der Waals surface area contributed by atoms with Crippen molar-refractivity contribution < 1.29 is 25.9 Å². The first-order valence-corrected chi connectivity index (χ1v) is 9.87. The maximum absolute atomic E-state index is 11.4. The van der Waals surface area contributed by atoms with E-state index in [4.69, 9.17) is 0 Å². The number of rotatable bonds is 8. The van der Waals surface area contributed by atoms with Crippen molar-refractivity contribution in [2.45, 2.75) is 70.3 Å². The van der Waals surface area contributed by atoms with Crippen LogP contribution in [-0.2, 0) is 20.2 Å². The van der Waals surface area contributed by atoms with Crippen LogP contribution in [0, 0.1) is 11.8 Å². The van der Waals surface area contributed by atoms with Gasteiger partial charge >= 0.3 is 0 Å². The Bertz CT molecular complexity index is 545. The van der Waals surface area contributed by atoms with Gasteiger partial charge in [0.15, 0.2) is 0 Å². The number of hydrogen-bond donors (Lipinski definition) is 2. The molecule has 0 aromatic carbocycles. The molecule has 0 amide bonds. The third kappa shape index (κ3) is 5.50. The molecule has 0 saturated carbocycles. The molecule has 0 aliphatic carbocycles. The van der Waals surface area contributed by atoms with Gasteiger partial charge in [-0.15, -0.1) is 0 Å². The second kappa shape index (κ2) is 6.52. The maximum Gasteiger partial charge on any atom is 0.270 e. The average Bonchev–Trinajstić information content (AvgIpc) is 2.21. The zero-order valence-corrected chi connectivity index (χ0v) is 15.3. The van der Waals surface area contributed by atoms with Crippen LogP contribution in [0.4, 0.5) is 0 Å². The Morgan fingerprint density at radius 3 is 1.48 bits per heavy atom. The van der Waals surface area contributed by atoms with E-state index in [1.807, 2.05) is 13.8 Å². The highest BCUT2D eigenvalue weighted by molar-refractivity contribution is 7.87. The first-order valence-electron chi connectivity index (χ1n) is 6.99. The van der Waals surface area contributed by atoms with E-state index in [-0.39, 0.29) is 24.7 Å². The monoisotopic (exact) mass is 344 g/mol. The van der Waals surface area contributed by atoms with E-state index < -0.39 is 29.7 Å². The Balaban J connectivity index is 5.16. The minimum absolute atomic E-state index is 0.0806. The van der Waals surface area contributed by atoms with Crippen LogP contribution in [0.2, 0.25) is 0 Å². The molecule has 0 heterocycles. The highest BCUT2D eigenvalue weighted by atomic mass is 32.2. The lowest BCUT2D eigenvalue weighted by molar-refractivity contribution is 0.256. The van der Waals surface area contributed by atoms with Crippen LogP contribution >= 0.6 is 0 Å². The minimum atomic E-state index is -4.18. The third-order valence-electron chi connectivity index (χ3n) is 4.29. The molecule has 6 nitrogen and oxygen atoms in total. The first-order chi connectivity index (χ1) is 9.05. The summed E-state index contributed by atoms with van der Waals surface area (Å²) in [6, 6.07) is 0. The second-order valence-corrected chi connectivity index (χ2v) is 11.1. The van der Waals surface area contributed by atoms with Crippen LogP contribution < -0.4 is 0 Å². The van der Waals surface area contributed by atoms with Crippen molar-refractivity contribution in [3.63, 3.8) is 0 Å². The summed E-state index contributed by atoms with van der Waals surface area (Å²) in [4.78, 5) is 0. The zero-order valence-electron chi connectivity index (χ0n) is 13.6. The van der Waals surface area contributed by atoms with Crippen molar-refractivity contribution in [1.29, 1.82) is 0 Å². The molecule has 0 aliphatic heterocycles. The fraction of sp³-hybridized carbons (Fsp3) is 1.00. The summed E-state index contributed by atoms with van der Waals surface area (Å²) in [5, 5.41) is 0. The molecule has 0 radical (unpaired) electrons. The standard InChI is InChI=1S/C13H28O6S2/c1-7-11(9-13(5,6)21(17,18)19)10(2)8-12(3,4)20(14,15)16/h10-11H,7-9H2,1-6H3,(H,14,15,16)(H,17,18,19). The summed E-state index contributed by atoms with van der Waals surface area (Å²) in [6.45, 7) is 9.51. The van der Waals surface area contributed by atoms with Crippen molar-refractivity contribution in [3.8, 4) is 0 Å². The Kier molecular flexibility index (Phi) is 6.46. The van der Waals surface area contributed by atoms with Crippen molar-refractivity contribution in [1.82, 2.24) is 0 Å². The molecule has 2 N–H and O–H groups in total. The number of hydrogen-bond acceptors (Lipinski definition) is 4. The first kappa shape index (κ1) is 20.8. The molecule has 0 fully saturated rings. The van der Waals surface area contributed by atoms with Crippen molar-refractivity contribution >= 4 is 20.2 Å². The minimum Gasteiger partial charge on any atom is -0.285 e. The van der Waals surface area contributed by atoms with E-state index >= 15 is 0 Å². The smallest absolute Gasteiger partial charge is 0.270 e. The summed E-state index contributed by atoms with van der Waals surface area (Å²) in [5.41, 5.74) is 0. The second-order valence-electron chi connectivity index (χ2n) is 7.02. The highest BCUT2D eigenvalue weighted by Crippen LogP contribution is 2.36. The van der Waals surface area contributed by atoms with E-state index in [1.54, 1.807) is 0 Å². The SMILES string of the molecule is CCC(CC(C)(C)S(=O)(=O)O)C(C)CC(C)(C)S(=O)(=O)O. The molecule has 2 atom stereocenters. The molecule has 0 saturated heterocycles. The van der Waals surface area contributed by atoms with Gasteiger partial charge in [-0.3, -0.25) is 9.11 Å². The molecule has 8 heteroatoms. The Hall–Kier alpha value is -0.180. The summed E-state index contributed by atoms with van der Waals surface area (Å²) < 4.78 is 61.4. The van der Waals surface area contributed by atoms with Crippen molar-refractivity contribution in [2.24, 2.45) is 11.8 Å². The molecular weight excluding hydrogens is 316 g/mol. The van der Waals surface area contributed by atoms with Crippen LogP contribution in [0.25, 0.3) is 0 Å². The summed E-state index contributed by atoms with van der Waals surface area (Å²) in [7, 11) is -8.36. The van der Waals surface area contributed by atoms with Crippen LogP contribution in [0.1, 0.15) is 60.8 Å². The molecule has 0 aliphatic rings. The van der Waals surface area contributed by atoms with Gasteiger partial charge in [-0.2, -0.15) is 16.8 Å². The molecule has 2 unspecified atom stereocenters.